The fourth-order valence-electron chi connectivity index (χ4n) is 8.22. The molecule has 12 rings (SSSR count). The highest BCUT2D eigenvalue weighted by Crippen LogP contribution is 2.61. The molecule has 0 fully saturated rings. The van der Waals surface area contributed by atoms with Gasteiger partial charge in [0, 0.05) is 63.2 Å². The number of nitrogens with zero attached hydrogens (tertiary/aromatic N) is 5. The minimum absolute atomic E-state index is 0.292. The molecule has 0 saturated heterocycles. The van der Waals surface area contributed by atoms with Crippen molar-refractivity contribution in [1.29, 1.82) is 0 Å². The van der Waals surface area contributed by atoms with Crippen LogP contribution in [0.5, 0.6) is 0 Å². The summed E-state index contributed by atoms with van der Waals surface area (Å²) in [5.41, 5.74) is 8.95. The highest BCUT2D eigenvalue weighted by molar-refractivity contribution is 8.24. The van der Waals surface area contributed by atoms with Crippen molar-refractivity contribution in [3.8, 4) is 11.1 Å². The second kappa shape index (κ2) is 34.8. The van der Waals surface area contributed by atoms with E-state index in [-0.39, 0.29) is 23.9 Å². The highest BCUT2D eigenvalue weighted by Gasteiger charge is 2.14. The number of aromatic nitrogens is 5. The number of carbonyl (C=O) groups excluding carboxylic acids is 4. The van der Waals surface area contributed by atoms with E-state index in [1.165, 1.54) is 34.6 Å². The Labute approximate surface area is 540 Å². The van der Waals surface area contributed by atoms with E-state index in [1.807, 2.05) is 84.9 Å². The maximum absolute atomic E-state index is 11.7. The smallest absolute Gasteiger partial charge is 0.478 e. The van der Waals surface area contributed by atoms with Crippen molar-refractivity contribution in [2.24, 2.45) is 0 Å². The van der Waals surface area contributed by atoms with Crippen molar-refractivity contribution >= 4 is 147 Å². The number of carboxylic acid groups (broad SMARTS) is 1. The van der Waals surface area contributed by atoms with E-state index in [0.717, 1.165) is 64.9 Å². The van der Waals surface area contributed by atoms with Gasteiger partial charge < -0.3 is 34.1 Å². The van der Waals surface area contributed by atoms with Gasteiger partial charge in [-0.2, -0.15) is 0 Å². The number of hydrogen-bond acceptors (Lipinski definition) is 17. The van der Waals surface area contributed by atoms with Gasteiger partial charge >= 0.3 is 42.2 Å². The number of carbonyl (C=O) groups is 5. The van der Waals surface area contributed by atoms with E-state index in [2.05, 4.69) is 67.9 Å². The maximum Gasteiger partial charge on any atom is 0.488 e. The topological polar surface area (TPSA) is 276 Å². The van der Waals surface area contributed by atoms with Crippen LogP contribution in [0.15, 0.2) is 231 Å². The summed E-state index contributed by atoms with van der Waals surface area (Å²) in [5, 5.41) is 37.0. The first-order valence-electron chi connectivity index (χ1n) is 26.6. The minimum Gasteiger partial charge on any atom is -0.478 e. The Hall–Kier alpha value is -9.89. The molecule has 4 N–H and O–H groups in total. The average Bonchev–Trinajstić information content (AvgIpc) is 3.53. The molecule has 0 atom stereocenters. The molecule has 19 nitrogen and oxygen atoms in total. The van der Waals surface area contributed by atoms with E-state index in [0.29, 0.717) is 43.8 Å². The Morgan fingerprint density at radius 2 is 0.846 bits per heavy atom. The lowest BCUT2D eigenvalue weighted by atomic mass is 9.81. The zero-order chi connectivity index (χ0) is 66.0. The molecule has 5 aromatic heterocycles. The molecule has 462 valence electrons. The van der Waals surface area contributed by atoms with Gasteiger partial charge in [0.05, 0.1) is 88.7 Å². The van der Waals surface area contributed by atoms with Crippen molar-refractivity contribution in [3.63, 3.8) is 0 Å². The van der Waals surface area contributed by atoms with Crippen LogP contribution >= 0.6 is 50.5 Å². The molecule has 0 spiro atoms. The molecule has 0 aliphatic rings. The first kappa shape index (κ1) is 70.2. The zero-order valence-electron chi connectivity index (χ0n) is 48.6. The Morgan fingerprint density at radius 3 is 1.33 bits per heavy atom. The third kappa shape index (κ3) is 21.4. The van der Waals surface area contributed by atoms with Gasteiger partial charge in [-0.05, 0) is 166 Å². The Kier molecular flexibility index (Phi) is 26.8. The van der Waals surface area contributed by atoms with E-state index in [1.54, 1.807) is 140 Å². The van der Waals surface area contributed by atoms with Gasteiger partial charge in [-0.15, -0.1) is 0 Å². The van der Waals surface area contributed by atoms with Crippen molar-refractivity contribution in [1.82, 2.24) is 19.9 Å². The third-order valence-electron chi connectivity index (χ3n) is 12.5. The first-order chi connectivity index (χ1) is 43.6. The monoisotopic (exact) mass is 1320 g/mol. The fourth-order valence-corrected chi connectivity index (χ4v) is 8.43. The summed E-state index contributed by atoms with van der Waals surface area (Å²) in [4.78, 5) is 72.8. The van der Waals surface area contributed by atoms with E-state index < -0.39 is 18.3 Å². The molecule has 0 aliphatic carbocycles. The van der Waals surface area contributed by atoms with E-state index >= 15 is 0 Å². The lowest BCUT2D eigenvalue weighted by Crippen LogP contribution is -2.29. The second-order valence-corrected chi connectivity index (χ2v) is 25.4. The van der Waals surface area contributed by atoms with Crippen LogP contribution in [0, 0.1) is 0 Å². The second-order valence-electron chi connectivity index (χ2n) is 18.4. The summed E-state index contributed by atoms with van der Waals surface area (Å²) in [6, 6.07) is 58.8. The van der Waals surface area contributed by atoms with Crippen LogP contribution in [0.25, 0.3) is 65.6 Å². The summed E-state index contributed by atoms with van der Waals surface area (Å²) < 4.78 is 29.1. The minimum atomic E-state index is -3.22. The normalized spacial score (nSPS) is 10.2. The number of esters is 4. The largest absolute Gasteiger partial charge is 0.488 e. The maximum atomic E-state index is 11.7. The van der Waals surface area contributed by atoms with Crippen molar-refractivity contribution in [3.05, 3.63) is 264 Å². The molecular weight excluding hydrogens is 1270 g/mol. The fraction of sp³-hybridized carbons (Fsp3) is 0.0606. The van der Waals surface area contributed by atoms with Gasteiger partial charge in [0.15, 0.2) is 0 Å². The van der Waals surface area contributed by atoms with E-state index in [4.69, 9.17) is 31.5 Å². The molecule has 0 saturated carbocycles. The molecular formula is C66H54BCl4N5O14P+. The van der Waals surface area contributed by atoms with Gasteiger partial charge in [0.1, 0.15) is 0 Å². The van der Waals surface area contributed by atoms with Crippen LogP contribution in [-0.4, -0.2) is 106 Å². The molecule has 0 radical (unpaired) electrons. The first-order valence-corrected chi connectivity index (χ1v) is 31.4. The van der Waals surface area contributed by atoms with E-state index in [9.17, 15) is 33.7 Å². The SMILES string of the molecule is COC(=O)c1ccc2c(ccc[n+]2O)c1.COC(=O)c1ccc2nccc(-c3ccccc3)c2c1.COC(=O)c1ccc2nccc(Cl)c2c1.COC(=O)c1ccc2ncccc2c1.O=C(O)c1ccc2ncccc2c1.O=P(Cl)(Cl)Cl.OB(O)c1ccccc1. The van der Waals surface area contributed by atoms with Crippen LogP contribution in [0.4, 0.5) is 0 Å². The molecule has 25 heteroatoms. The molecule has 91 heavy (non-hydrogen) atoms. The summed E-state index contributed by atoms with van der Waals surface area (Å²) in [7, 11) is 4.09. The molecule has 0 unspecified atom stereocenters. The number of aromatic carboxylic acids is 1. The Bertz CT molecular complexity index is 4530. The van der Waals surface area contributed by atoms with Gasteiger partial charge in [-0.3, -0.25) is 29.7 Å². The number of rotatable bonds is 7. The molecule has 0 amide bonds. The summed E-state index contributed by atoms with van der Waals surface area (Å²) >= 11 is 19.8. The number of hydrogen-bond donors (Lipinski definition) is 4. The van der Waals surface area contributed by atoms with Gasteiger partial charge in [-0.25, -0.2) is 24.0 Å². The Morgan fingerprint density at radius 1 is 0.451 bits per heavy atom. The van der Waals surface area contributed by atoms with Crippen molar-refractivity contribution in [2.45, 2.75) is 0 Å². The van der Waals surface area contributed by atoms with Crippen LogP contribution in [0.3, 0.4) is 0 Å². The quantitative estimate of drug-likeness (QED) is 0.0288. The predicted molar refractivity (Wildman–Crippen MR) is 352 cm³/mol. The van der Waals surface area contributed by atoms with Crippen molar-refractivity contribution < 1.29 is 72.6 Å². The molecule has 0 aliphatic heterocycles. The lowest BCUT2D eigenvalue weighted by Gasteiger charge is -2.07. The van der Waals surface area contributed by atoms with Gasteiger partial charge in [0.25, 0.3) is 5.52 Å². The summed E-state index contributed by atoms with van der Waals surface area (Å²) in [6.45, 7) is 0. The standard InChI is InChI=1S/C17H13NO2.C11H8ClNO2.C11H10NO3.C11H9NO2.C10H7NO2.C6H7BO2.Cl3OP/c1-20-17(19)13-7-8-16-15(11-13)14(9-10-18-16)12-5-3-2-4-6-12;1-15-11(14)7-2-3-10-8(6-7)9(12)4-5-13-10;1-15-11(13)9-4-5-10-8(7-9)3-2-6-12(10)14;1-14-11(13)9-4-5-10-8(7-9)3-2-6-12-10;12-10(13)8-3-4-9-7(6-8)2-1-5-11-9;8-7(9)6-4-2-1-3-5-6;1-5(2,3)4/h2-11H,1H3;2-6H,1H3;2-7,14H,1H3;2-7H,1H3;1-6H,(H,12,13);1-5,8-9H;/q;;+1;;;;. The van der Waals surface area contributed by atoms with Crippen molar-refractivity contribution in [2.75, 3.05) is 28.4 Å². The summed E-state index contributed by atoms with van der Waals surface area (Å²) in [5.74, 6) is -2.33. The number of ether oxygens (including phenoxy) is 4. The number of pyridine rings is 5. The Balaban J connectivity index is 0.000000173. The lowest BCUT2D eigenvalue weighted by molar-refractivity contribution is -0.884. The molecule has 12 aromatic rings. The number of carboxylic acids is 1. The molecule has 5 heterocycles. The zero-order valence-corrected chi connectivity index (χ0v) is 52.5. The van der Waals surface area contributed by atoms with Gasteiger partial charge in [-0.1, -0.05) is 84.4 Å². The van der Waals surface area contributed by atoms with Crippen LogP contribution < -0.4 is 10.2 Å². The molecule has 7 aromatic carbocycles. The average molecular weight is 1320 g/mol. The van der Waals surface area contributed by atoms with Crippen LogP contribution in [0.1, 0.15) is 51.8 Å². The predicted octanol–water partition coefficient (Wildman–Crippen LogP) is 13.6. The number of halogens is 4. The summed E-state index contributed by atoms with van der Waals surface area (Å²) in [6.07, 6.45) is 8.34. The van der Waals surface area contributed by atoms with Crippen LogP contribution in [0.2, 0.25) is 5.02 Å². The molecule has 0 bridgehead atoms. The number of methoxy groups -OCH3 is 4. The van der Waals surface area contributed by atoms with Gasteiger partial charge in [0.2, 0.25) is 6.20 Å². The highest BCUT2D eigenvalue weighted by atomic mass is 36.0. The number of benzene rings is 7. The third-order valence-corrected chi connectivity index (χ3v) is 12.9. The number of fused-ring (bicyclic) bond motifs is 5. The van der Waals surface area contributed by atoms with Crippen LogP contribution in [-0.2, 0) is 23.5 Å².